The Morgan fingerprint density at radius 3 is 2.26 bits per heavy atom. The average Bonchev–Trinajstić information content (AvgIpc) is 2.85. The molecular formula is C13H15NO3S2. The van der Waals surface area contributed by atoms with Crippen molar-refractivity contribution in [1.82, 2.24) is 4.72 Å². The van der Waals surface area contributed by atoms with Crippen LogP contribution in [0.3, 0.4) is 0 Å². The zero-order chi connectivity index (χ0) is 13.9. The van der Waals surface area contributed by atoms with Gasteiger partial charge in [-0.15, -0.1) is 11.3 Å². The summed E-state index contributed by atoms with van der Waals surface area (Å²) in [5, 5.41) is 8.93. The highest BCUT2D eigenvalue weighted by molar-refractivity contribution is 7.91. The van der Waals surface area contributed by atoms with Crippen LogP contribution in [0.15, 0.2) is 40.6 Å². The minimum atomic E-state index is -3.43. The molecule has 0 saturated carbocycles. The van der Waals surface area contributed by atoms with E-state index >= 15 is 0 Å². The first-order valence-electron chi connectivity index (χ1n) is 5.76. The van der Waals surface area contributed by atoms with Crippen molar-refractivity contribution >= 4 is 21.4 Å². The van der Waals surface area contributed by atoms with Gasteiger partial charge in [0.15, 0.2) is 0 Å². The molecule has 0 fully saturated rings. The monoisotopic (exact) mass is 297 g/mol. The molecule has 2 rings (SSSR count). The summed E-state index contributed by atoms with van der Waals surface area (Å²) in [6.45, 7) is 2.10. The van der Waals surface area contributed by atoms with Crippen LogP contribution in [0.2, 0.25) is 0 Å². The highest BCUT2D eigenvalue weighted by Crippen LogP contribution is 2.20. The van der Waals surface area contributed by atoms with E-state index < -0.39 is 10.0 Å². The maximum atomic E-state index is 12.0. The number of aryl methyl sites for hydroxylation is 1. The molecule has 0 amide bonds. The number of hydrogen-bond donors (Lipinski definition) is 2. The third-order valence-corrected chi connectivity index (χ3v) is 5.55. The quantitative estimate of drug-likeness (QED) is 0.887. The molecule has 0 unspecified atom stereocenters. The van der Waals surface area contributed by atoms with Gasteiger partial charge < -0.3 is 5.11 Å². The number of aliphatic hydroxyl groups is 1. The van der Waals surface area contributed by atoms with E-state index in [1.54, 1.807) is 36.4 Å². The molecule has 0 aliphatic rings. The maximum Gasteiger partial charge on any atom is 0.250 e. The van der Waals surface area contributed by atoms with Crippen LogP contribution in [-0.2, 0) is 23.2 Å². The molecule has 19 heavy (non-hydrogen) atoms. The number of rotatable bonds is 5. The molecule has 6 heteroatoms. The molecule has 1 aromatic carbocycles. The SMILES string of the molecule is Cc1ccc(S(=O)(=O)NCc2ccc(CO)cc2)s1. The third kappa shape index (κ3) is 3.63. The minimum absolute atomic E-state index is 0.0134. The van der Waals surface area contributed by atoms with Crippen molar-refractivity contribution < 1.29 is 13.5 Å². The lowest BCUT2D eigenvalue weighted by Crippen LogP contribution is -2.22. The van der Waals surface area contributed by atoms with Gasteiger partial charge in [0, 0.05) is 11.4 Å². The van der Waals surface area contributed by atoms with E-state index in [0.717, 1.165) is 16.0 Å². The van der Waals surface area contributed by atoms with Crippen LogP contribution in [0, 0.1) is 6.92 Å². The fraction of sp³-hybridized carbons (Fsp3) is 0.231. The molecule has 102 valence electrons. The predicted molar refractivity (Wildman–Crippen MR) is 75.4 cm³/mol. The molecular weight excluding hydrogens is 282 g/mol. The van der Waals surface area contributed by atoms with Crippen molar-refractivity contribution in [2.24, 2.45) is 0 Å². The number of sulfonamides is 1. The molecule has 0 aliphatic heterocycles. The van der Waals surface area contributed by atoms with Crippen molar-refractivity contribution in [3.05, 3.63) is 52.4 Å². The molecule has 0 aliphatic carbocycles. The molecule has 1 aromatic heterocycles. The van der Waals surface area contributed by atoms with Crippen LogP contribution in [0.25, 0.3) is 0 Å². The zero-order valence-electron chi connectivity index (χ0n) is 10.5. The van der Waals surface area contributed by atoms with Gasteiger partial charge in [-0.2, -0.15) is 0 Å². The normalized spacial score (nSPS) is 11.7. The van der Waals surface area contributed by atoms with E-state index in [4.69, 9.17) is 5.11 Å². The van der Waals surface area contributed by atoms with E-state index in [-0.39, 0.29) is 13.2 Å². The maximum absolute atomic E-state index is 12.0. The Morgan fingerprint density at radius 1 is 1.11 bits per heavy atom. The Kier molecular flexibility index (Phi) is 4.36. The summed E-state index contributed by atoms with van der Waals surface area (Å²) in [6.07, 6.45) is 0. The van der Waals surface area contributed by atoms with Gasteiger partial charge in [0.2, 0.25) is 10.0 Å². The van der Waals surface area contributed by atoms with Crippen molar-refractivity contribution in [3.63, 3.8) is 0 Å². The lowest BCUT2D eigenvalue weighted by Gasteiger charge is -2.05. The Morgan fingerprint density at radius 2 is 1.74 bits per heavy atom. The van der Waals surface area contributed by atoms with E-state index in [0.29, 0.717) is 4.21 Å². The summed E-state index contributed by atoms with van der Waals surface area (Å²) in [7, 11) is -3.43. The first kappa shape index (κ1) is 14.2. The Balaban J connectivity index is 2.05. The second kappa shape index (κ2) is 5.83. The largest absolute Gasteiger partial charge is 0.392 e. The summed E-state index contributed by atoms with van der Waals surface area (Å²) >= 11 is 1.25. The number of hydrogen-bond acceptors (Lipinski definition) is 4. The van der Waals surface area contributed by atoms with Crippen LogP contribution in [0.5, 0.6) is 0 Å². The summed E-state index contributed by atoms with van der Waals surface area (Å²) in [4.78, 5) is 0.965. The zero-order valence-corrected chi connectivity index (χ0v) is 12.1. The summed E-state index contributed by atoms with van der Waals surface area (Å²) < 4.78 is 26.9. The number of aliphatic hydroxyl groups excluding tert-OH is 1. The lowest BCUT2D eigenvalue weighted by atomic mass is 10.1. The van der Waals surface area contributed by atoms with Crippen molar-refractivity contribution in [2.45, 2.75) is 24.3 Å². The highest BCUT2D eigenvalue weighted by atomic mass is 32.2. The van der Waals surface area contributed by atoms with Gasteiger partial charge in [-0.1, -0.05) is 24.3 Å². The van der Waals surface area contributed by atoms with Gasteiger partial charge in [-0.25, -0.2) is 13.1 Å². The molecule has 0 bridgehead atoms. The second-order valence-electron chi connectivity index (χ2n) is 4.16. The average molecular weight is 297 g/mol. The van der Waals surface area contributed by atoms with Gasteiger partial charge in [0.1, 0.15) is 4.21 Å². The summed E-state index contributed by atoms with van der Waals surface area (Å²) in [5.41, 5.74) is 1.66. The van der Waals surface area contributed by atoms with E-state index in [1.165, 1.54) is 11.3 Å². The van der Waals surface area contributed by atoms with Crippen molar-refractivity contribution in [3.8, 4) is 0 Å². The van der Waals surface area contributed by atoms with Crippen LogP contribution < -0.4 is 4.72 Å². The van der Waals surface area contributed by atoms with Crippen LogP contribution >= 0.6 is 11.3 Å². The van der Waals surface area contributed by atoms with E-state index in [1.807, 2.05) is 6.92 Å². The molecule has 0 spiro atoms. The van der Waals surface area contributed by atoms with Crippen molar-refractivity contribution in [1.29, 1.82) is 0 Å². The van der Waals surface area contributed by atoms with Crippen molar-refractivity contribution in [2.75, 3.05) is 0 Å². The van der Waals surface area contributed by atoms with Crippen LogP contribution in [-0.4, -0.2) is 13.5 Å². The third-order valence-electron chi connectivity index (χ3n) is 2.65. The Hall–Kier alpha value is -1.21. The van der Waals surface area contributed by atoms with Gasteiger partial charge >= 0.3 is 0 Å². The molecule has 0 atom stereocenters. The Labute approximate surface area is 116 Å². The molecule has 1 heterocycles. The molecule has 0 saturated heterocycles. The van der Waals surface area contributed by atoms with E-state index in [9.17, 15) is 8.42 Å². The second-order valence-corrected chi connectivity index (χ2v) is 7.45. The van der Waals surface area contributed by atoms with Gasteiger partial charge in [0.25, 0.3) is 0 Å². The fourth-order valence-electron chi connectivity index (χ4n) is 1.57. The smallest absolute Gasteiger partial charge is 0.250 e. The van der Waals surface area contributed by atoms with E-state index in [2.05, 4.69) is 4.72 Å². The minimum Gasteiger partial charge on any atom is -0.392 e. The first-order valence-corrected chi connectivity index (χ1v) is 8.06. The highest BCUT2D eigenvalue weighted by Gasteiger charge is 2.15. The first-order chi connectivity index (χ1) is 9.01. The Bertz CT molecular complexity index is 645. The molecule has 2 aromatic rings. The lowest BCUT2D eigenvalue weighted by molar-refractivity contribution is 0.282. The van der Waals surface area contributed by atoms with Gasteiger partial charge in [0.05, 0.1) is 6.61 Å². The standard InChI is InChI=1S/C13H15NO3S2/c1-10-2-7-13(18-10)19(16,17)14-8-11-3-5-12(9-15)6-4-11/h2-7,14-15H,8-9H2,1H3. The predicted octanol–water partition coefficient (Wildman–Crippen LogP) is 2.03. The fourth-order valence-corrected chi connectivity index (χ4v) is 3.91. The molecule has 2 N–H and O–H groups in total. The number of nitrogens with one attached hydrogen (secondary N) is 1. The van der Waals surface area contributed by atoms with Gasteiger partial charge in [-0.3, -0.25) is 0 Å². The summed E-state index contributed by atoms with van der Waals surface area (Å²) in [6, 6.07) is 10.5. The van der Waals surface area contributed by atoms with Crippen LogP contribution in [0.4, 0.5) is 0 Å². The molecule has 4 nitrogen and oxygen atoms in total. The topological polar surface area (TPSA) is 66.4 Å². The van der Waals surface area contributed by atoms with Gasteiger partial charge in [-0.05, 0) is 30.2 Å². The molecule has 0 radical (unpaired) electrons. The number of benzene rings is 1. The number of thiophene rings is 1. The van der Waals surface area contributed by atoms with Crippen LogP contribution in [0.1, 0.15) is 16.0 Å². The summed E-state index contributed by atoms with van der Waals surface area (Å²) in [5.74, 6) is 0.